The van der Waals surface area contributed by atoms with Crippen molar-refractivity contribution in [1.29, 1.82) is 0 Å². The highest BCUT2D eigenvalue weighted by molar-refractivity contribution is 6.37. The van der Waals surface area contributed by atoms with Crippen molar-refractivity contribution in [3.8, 4) is 11.5 Å². The summed E-state index contributed by atoms with van der Waals surface area (Å²) in [5, 5.41) is 22.9. The number of methoxy groups -OCH3 is 1. The predicted octanol–water partition coefficient (Wildman–Crippen LogP) is 4.65. The third-order valence-electron chi connectivity index (χ3n) is 5.85. The van der Waals surface area contributed by atoms with Gasteiger partial charge in [-0.25, -0.2) is 4.79 Å². The lowest BCUT2D eigenvalue weighted by molar-refractivity contribution is 0.0598. The van der Waals surface area contributed by atoms with Crippen molar-refractivity contribution in [3.05, 3.63) is 67.7 Å². The molecule has 0 heterocycles. The number of esters is 1. The summed E-state index contributed by atoms with van der Waals surface area (Å²) in [5.41, 5.74) is 1.05. The number of halogens is 1. The molecule has 0 saturated heterocycles. The molecule has 3 aromatic carbocycles. The van der Waals surface area contributed by atoms with Crippen molar-refractivity contribution in [1.82, 2.24) is 0 Å². The maximum atomic E-state index is 13.6. The number of rotatable bonds is 2. The fraction of sp³-hybridized carbons (Fsp3) is 0.208. The second-order valence-corrected chi connectivity index (χ2v) is 7.93. The van der Waals surface area contributed by atoms with E-state index in [1.165, 1.54) is 19.2 Å². The highest BCUT2D eigenvalue weighted by Crippen LogP contribution is 2.44. The van der Waals surface area contributed by atoms with Crippen molar-refractivity contribution in [2.24, 2.45) is 0 Å². The Balaban J connectivity index is 2.16. The summed E-state index contributed by atoms with van der Waals surface area (Å²) in [7, 11) is 1.19. The Kier molecular flexibility index (Phi) is 4.78. The number of phenolic OH excluding ortho intramolecular Hbond substituents is 2. The third kappa shape index (κ3) is 2.75. The van der Waals surface area contributed by atoms with Crippen LogP contribution in [0.2, 0.25) is 5.02 Å². The lowest BCUT2D eigenvalue weighted by Crippen LogP contribution is -2.24. The first-order valence-electron chi connectivity index (χ1n) is 9.65. The Labute approximate surface area is 183 Å². The number of aromatic hydroxyl groups is 2. The summed E-state index contributed by atoms with van der Waals surface area (Å²) >= 11 is 6.41. The molecular weight excluding hydrogens is 420 g/mol. The van der Waals surface area contributed by atoms with Crippen LogP contribution in [0.4, 0.5) is 0 Å². The van der Waals surface area contributed by atoms with E-state index in [4.69, 9.17) is 16.3 Å². The zero-order valence-electron chi connectivity index (χ0n) is 17.3. The number of benzene rings is 3. The van der Waals surface area contributed by atoms with Crippen molar-refractivity contribution >= 4 is 39.9 Å². The van der Waals surface area contributed by atoms with Crippen LogP contribution in [-0.2, 0) is 11.2 Å². The highest BCUT2D eigenvalue weighted by Gasteiger charge is 2.38. The van der Waals surface area contributed by atoms with Crippen molar-refractivity contribution in [3.63, 3.8) is 0 Å². The van der Waals surface area contributed by atoms with Crippen LogP contribution < -0.4 is 0 Å². The van der Waals surface area contributed by atoms with Crippen LogP contribution in [0.15, 0.2) is 18.2 Å². The van der Waals surface area contributed by atoms with Crippen molar-refractivity contribution in [2.45, 2.75) is 27.2 Å². The second kappa shape index (κ2) is 7.10. The number of ketones is 2. The molecular formula is C24H19ClO6. The fourth-order valence-corrected chi connectivity index (χ4v) is 4.54. The second-order valence-electron chi connectivity index (χ2n) is 7.55. The predicted molar refractivity (Wildman–Crippen MR) is 116 cm³/mol. The molecule has 0 unspecified atom stereocenters. The van der Waals surface area contributed by atoms with Crippen molar-refractivity contribution < 1.29 is 29.3 Å². The van der Waals surface area contributed by atoms with Gasteiger partial charge in [0.2, 0.25) is 5.78 Å². The monoisotopic (exact) mass is 438 g/mol. The van der Waals surface area contributed by atoms with Gasteiger partial charge < -0.3 is 14.9 Å². The van der Waals surface area contributed by atoms with Crippen LogP contribution in [0.3, 0.4) is 0 Å². The number of ether oxygens (including phenoxy) is 1. The van der Waals surface area contributed by atoms with Gasteiger partial charge in [0.15, 0.2) is 5.78 Å². The van der Waals surface area contributed by atoms with Gasteiger partial charge in [0.05, 0.1) is 23.8 Å². The maximum Gasteiger partial charge on any atom is 0.338 e. The van der Waals surface area contributed by atoms with E-state index >= 15 is 0 Å². The van der Waals surface area contributed by atoms with E-state index in [-0.39, 0.29) is 45.6 Å². The van der Waals surface area contributed by atoms with Gasteiger partial charge in [0, 0.05) is 21.7 Å². The van der Waals surface area contributed by atoms with Gasteiger partial charge in [-0.1, -0.05) is 18.5 Å². The molecule has 4 rings (SSSR count). The minimum Gasteiger partial charge on any atom is -0.507 e. The first kappa shape index (κ1) is 20.9. The highest BCUT2D eigenvalue weighted by atomic mass is 35.5. The van der Waals surface area contributed by atoms with Gasteiger partial charge in [-0.2, -0.15) is 0 Å². The van der Waals surface area contributed by atoms with E-state index in [0.29, 0.717) is 21.4 Å². The number of hydrogen-bond donors (Lipinski definition) is 2. The molecule has 0 bridgehead atoms. The molecule has 0 aromatic heterocycles. The standard InChI is InChI=1S/C24H19ClO6/c1-5-12-13(24(30)31-4)8-14-17(21(12)27)23(29)18-15(26)7-11-6-9(2)20(25)10(3)16(11)19(18)22(14)28/h6-8,26-27H,5H2,1-4H3. The molecule has 31 heavy (non-hydrogen) atoms. The molecule has 2 N–H and O–H groups in total. The zero-order valence-corrected chi connectivity index (χ0v) is 18.1. The van der Waals surface area contributed by atoms with Gasteiger partial charge in [-0.3, -0.25) is 9.59 Å². The fourth-order valence-electron chi connectivity index (χ4n) is 4.39. The van der Waals surface area contributed by atoms with Gasteiger partial charge in [-0.15, -0.1) is 0 Å². The number of fused-ring (bicyclic) bond motifs is 4. The number of carbonyl (C=O) groups excluding carboxylic acids is 3. The maximum absolute atomic E-state index is 13.6. The summed E-state index contributed by atoms with van der Waals surface area (Å²) in [6, 6.07) is 4.43. The molecule has 1 aliphatic carbocycles. The summed E-state index contributed by atoms with van der Waals surface area (Å²) < 4.78 is 4.79. The van der Waals surface area contributed by atoms with Crippen LogP contribution in [0.25, 0.3) is 10.8 Å². The molecule has 0 atom stereocenters. The molecule has 158 valence electrons. The Morgan fingerprint density at radius 1 is 1.03 bits per heavy atom. The van der Waals surface area contributed by atoms with Crippen molar-refractivity contribution in [2.75, 3.05) is 7.11 Å². The molecule has 0 aliphatic heterocycles. The van der Waals surface area contributed by atoms with Gasteiger partial charge in [-0.05, 0) is 60.4 Å². The lowest BCUT2D eigenvalue weighted by atomic mass is 9.78. The molecule has 0 spiro atoms. The molecule has 0 radical (unpaired) electrons. The van der Waals surface area contributed by atoms with E-state index < -0.39 is 23.3 Å². The average molecular weight is 439 g/mol. The van der Waals surface area contributed by atoms with E-state index in [0.717, 1.165) is 5.56 Å². The molecule has 7 heteroatoms. The number of aryl methyl sites for hydroxylation is 2. The summed E-state index contributed by atoms with van der Waals surface area (Å²) in [6.07, 6.45) is 0.232. The molecule has 0 amide bonds. The Hall–Kier alpha value is -3.38. The minimum atomic E-state index is -0.725. The van der Waals surface area contributed by atoms with E-state index in [1.807, 2.05) is 0 Å². The van der Waals surface area contributed by atoms with Crippen LogP contribution in [0, 0.1) is 13.8 Å². The Bertz CT molecular complexity index is 1350. The first-order valence-corrected chi connectivity index (χ1v) is 10.0. The average Bonchev–Trinajstić information content (AvgIpc) is 2.73. The normalized spacial score (nSPS) is 12.7. The Morgan fingerprint density at radius 2 is 1.71 bits per heavy atom. The number of carbonyl (C=O) groups is 3. The smallest absolute Gasteiger partial charge is 0.338 e. The lowest BCUT2D eigenvalue weighted by Gasteiger charge is -2.24. The third-order valence-corrected chi connectivity index (χ3v) is 6.43. The molecule has 3 aromatic rings. The van der Waals surface area contributed by atoms with Gasteiger partial charge in [0.1, 0.15) is 11.5 Å². The first-order chi connectivity index (χ1) is 14.6. The SMILES string of the molecule is CCc1c(C(=O)OC)cc2c(c1O)C(=O)c1c(O)cc3cc(C)c(Cl)c(C)c3c1C2=O. The summed E-state index contributed by atoms with van der Waals surface area (Å²) in [5.74, 6) is -2.82. The molecule has 1 aliphatic rings. The van der Waals surface area contributed by atoms with E-state index in [2.05, 4.69) is 0 Å². The van der Waals surface area contributed by atoms with Gasteiger partial charge >= 0.3 is 5.97 Å². The van der Waals surface area contributed by atoms with Crippen LogP contribution in [-0.4, -0.2) is 34.9 Å². The summed E-state index contributed by atoms with van der Waals surface area (Å²) in [4.78, 5) is 39.3. The Morgan fingerprint density at radius 3 is 2.32 bits per heavy atom. The van der Waals surface area contributed by atoms with Crippen LogP contribution in [0.5, 0.6) is 11.5 Å². The van der Waals surface area contributed by atoms with Gasteiger partial charge in [0.25, 0.3) is 0 Å². The summed E-state index contributed by atoms with van der Waals surface area (Å²) in [6.45, 7) is 5.25. The van der Waals surface area contributed by atoms with Crippen LogP contribution >= 0.6 is 11.6 Å². The van der Waals surface area contributed by atoms with E-state index in [1.54, 1.807) is 26.8 Å². The molecule has 0 fully saturated rings. The number of phenols is 2. The topological polar surface area (TPSA) is 101 Å². The zero-order chi connectivity index (χ0) is 22.8. The minimum absolute atomic E-state index is 0.00589. The molecule has 6 nitrogen and oxygen atoms in total. The largest absolute Gasteiger partial charge is 0.507 e. The van der Waals surface area contributed by atoms with Crippen LogP contribution in [0.1, 0.15) is 65.8 Å². The quantitative estimate of drug-likeness (QED) is 0.442. The van der Waals surface area contributed by atoms with E-state index in [9.17, 15) is 24.6 Å². The molecule has 0 saturated carbocycles. The number of hydrogen-bond acceptors (Lipinski definition) is 6.